The van der Waals surface area contributed by atoms with Gasteiger partial charge >= 0.3 is 6.18 Å². The summed E-state index contributed by atoms with van der Waals surface area (Å²) >= 11 is 0. The summed E-state index contributed by atoms with van der Waals surface area (Å²) < 4.78 is 78.6. The van der Waals surface area contributed by atoms with Gasteiger partial charge in [-0.1, -0.05) is 6.07 Å². The predicted octanol–water partition coefficient (Wildman–Crippen LogP) is 1.14. The molecular weight excluding hydrogens is 316 g/mol. The molecule has 0 saturated heterocycles. The van der Waals surface area contributed by atoms with Crippen LogP contribution in [-0.4, -0.2) is 34.4 Å². The quantitative estimate of drug-likeness (QED) is 0.580. The van der Waals surface area contributed by atoms with Crippen molar-refractivity contribution < 1.29 is 30.7 Å². The van der Waals surface area contributed by atoms with Crippen LogP contribution in [0.15, 0.2) is 23.1 Å². The zero-order valence-corrected chi connectivity index (χ0v) is 11.6. The van der Waals surface area contributed by atoms with Crippen LogP contribution >= 0.6 is 0 Å². The second kappa shape index (κ2) is 7.16. The largest absolute Gasteiger partial charge is 0.411 e. The Kier molecular flexibility index (Phi) is 6.08. The Hall–Kier alpha value is -1.23. The van der Waals surface area contributed by atoms with Crippen LogP contribution in [0.2, 0.25) is 0 Å². The van der Waals surface area contributed by atoms with Crippen LogP contribution in [0.4, 0.5) is 17.6 Å². The molecule has 1 aromatic carbocycles. The molecule has 3 N–H and O–H groups in total. The van der Waals surface area contributed by atoms with Gasteiger partial charge in [0.1, 0.15) is 12.4 Å². The van der Waals surface area contributed by atoms with Crippen LogP contribution in [0.1, 0.15) is 5.56 Å². The number of benzene rings is 1. The van der Waals surface area contributed by atoms with E-state index in [9.17, 15) is 26.0 Å². The molecule has 0 aliphatic rings. The zero-order chi connectivity index (χ0) is 16.1. The molecule has 0 amide bonds. The number of hydrogen-bond donors (Lipinski definition) is 2. The maximum absolute atomic E-state index is 13.1. The first-order valence-corrected chi connectivity index (χ1v) is 7.26. The highest BCUT2D eigenvalue weighted by atomic mass is 32.2. The van der Waals surface area contributed by atoms with Gasteiger partial charge in [-0.3, -0.25) is 0 Å². The summed E-state index contributed by atoms with van der Waals surface area (Å²) in [6.45, 7) is -2.44. The average Bonchev–Trinajstić information content (AvgIpc) is 2.36. The minimum absolute atomic E-state index is 0.124. The number of sulfonamides is 1. The zero-order valence-electron chi connectivity index (χ0n) is 10.8. The molecule has 0 aromatic heterocycles. The lowest BCUT2D eigenvalue weighted by atomic mass is 10.2. The van der Waals surface area contributed by atoms with Crippen molar-refractivity contribution in [2.45, 2.75) is 17.6 Å². The van der Waals surface area contributed by atoms with Gasteiger partial charge in [-0.15, -0.1) is 0 Å². The SMILES string of the molecule is NCc1ccc(F)cc1S(=O)(=O)NCCOCC(F)(F)F. The van der Waals surface area contributed by atoms with E-state index in [1.165, 1.54) is 6.07 Å². The molecule has 0 heterocycles. The molecule has 1 rings (SSSR count). The van der Waals surface area contributed by atoms with Crippen molar-refractivity contribution in [3.05, 3.63) is 29.6 Å². The molecule has 21 heavy (non-hydrogen) atoms. The highest BCUT2D eigenvalue weighted by Crippen LogP contribution is 2.17. The van der Waals surface area contributed by atoms with Gasteiger partial charge in [0.2, 0.25) is 10.0 Å². The summed E-state index contributed by atoms with van der Waals surface area (Å²) in [5, 5.41) is 0. The van der Waals surface area contributed by atoms with Crippen molar-refractivity contribution in [3.63, 3.8) is 0 Å². The minimum Gasteiger partial charge on any atom is -0.371 e. The Morgan fingerprint density at radius 1 is 1.29 bits per heavy atom. The van der Waals surface area contributed by atoms with Crippen molar-refractivity contribution in [2.24, 2.45) is 5.73 Å². The molecule has 1 aromatic rings. The summed E-state index contributed by atoms with van der Waals surface area (Å²) in [6, 6.07) is 3.08. The lowest BCUT2D eigenvalue weighted by molar-refractivity contribution is -0.173. The number of ether oxygens (including phenoxy) is 1. The standard InChI is InChI=1S/C11H14F4N2O3S/c12-9-2-1-8(6-16)10(5-9)21(18,19)17-3-4-20-7-11(13,14)15/h1-2,5,17H,3-4,6-7,16H2. The number of nitrogens with two attached hydrogens (primary N) is 1. The molecule has 0 spiro atoms. The fourth-order valence-corrected chi connectivity index (χ4v) is 2.73. The molecule has 0 aliphatic heterocycles. The van der Waals surface area contributed by atoms with Gasteiger partial charge in [-0.05, 0) is 17.7 Å². The molecule has 0 radical (unpaired) electrons. The highest BCUT2D eigenvalue weighted by Gasteiger charge is 2.27. The molecule has 120 valence electrons. The Bertz CT molecular complexity index is 575. The normalized spacial score (nSPS) is 12.6. The first-order chi connectivity index (χ1) is 9.65. The van der Waals surface area contributed by atoms with E-state index in [-0.39, 0.29) is 23.5 Å². The van der Waals surface area contributed by atoms with Crippen LogP contribution in [-0.2, 0) is 21.3 Å². The fraction of sp³-hybridized carbons (Fsp3) is 0.455. The third kappa shape index (κ3) is 5.96. The lowest BCUT2D eigenvalue weighted by Gasteiger charge is -2.11. The Labute approximate surface area is 119 Å². The molecule has 0 saturated carbocycles. The molecule has 10 heteroatoms. The summed E-state index contributed by atoms with van der Waals surface area (Å²) in [4.78, 5) is -0.346. The van der Waals surface area contributed by atoms with Crippen LogP contribution in [0, 0.1) is 5.82 Å². The smallest absolute Gasteiger partial charge is 0.371 e. The van der Waals surface area contributed by atoms with Gasteiger partial charge in [0, 0.05) is 13.1 Å². The second-order valence-corrected chi connectivity index (χ2v) is 5.76. The Morgan fingerprint density at radius 2 is 1.95 bits per heavy atom. The van der Waals surface area contributed by atoms with Crippen molar-refractivity contribution in [1.29, 1.82) is 0 Å². The Balaban J connectivity index is 2.64. The first kappa shape index (κ1) is 17.8. The van der Waals surface area contributed by atoms with Crippen molar-refractivity contribution in [1.82, 2.24) is 4.72 Å². The van der Waals surface area contributed by atoms with Crippen LogP contribution in [0.5, 0.6) is 0 Å². The van der Waals surface area contributed by atoms with Gasteiger partial charge in [0.15, 0.2) is 0 Å². The van der Waals surface area contributed by atoms with E-state index < -0.39 is 35.2 Å². The summed E-state index contributed by atoms with van der Waals surface area (Å²) in [6.07, 6.45) is -4.48. The fourth-order valence-electron chi connectivity index (χ4n) is 1.46. The van der Waals surface area contributed by atoms with Gasteiger partial charge < -0.3 is 10.5 Å². The molecule has 0 unspecified atom stereocenters. The van der Waals surface area contributed by atoms with Crippen molar-refractivity contribution >= 4 is 10.0 Å². The van der Waals surface area contributed by atoms with E-state index in [4.69, 9.17) is 5.73 Å². The van der Waals surface area contributed by atoms with Crippen LogP contribution in [0.25, 0.3) is 0 Å². The van der Waals surface area contributed by atoms with E-state index in [2.05, 4.69) is 4.74 Å². The topological polar surface area (TPSA) is 81.4 Å². The number of nitrogens with one attached hydrogen (secondary N) is 1. The molecule has 0 bridgehead atoms. The summed E-state index contributed by atoms with van der Waals surface area (Å²) in [5.41, 5.74) is 5.55. The molecular formula is C11H14F4N2O3S. The third-order valence-corrected chi connectivity index (χ3v) is 3.89. The molecule has 5 nitrogen and oxygen atoms in total. The van der Waals surface area contributed by atoms with Gasteiger partial charge in [-0.2, -0.15) is 13.2 Å². The van der Waals surface area contributed by atoms with Crippen LogP contribution < -0.4 is 10.5 Å². The number of hydrogen-bond acceptors (Lipinski definition) is 4. The van der Waals surface area contributed by atoms with E-state index in [0.717, 1.165) is 12.1 Å². The minimum atomic E-state index is -4.48. The number of alkyl halides is 3. The predicted molar refractivity (Wildman–Crippen MR) is 66.4 cm³/mol. The highest BCUT2D eigenvalue weighted by molar-refractivity contribution is 7.89. The monoisotopic (exact) mass is 330 g/mol. The van der Waals surface area contributed by atoms with Gasteiger partial charge in [0.05, 0.1) is 11.5 Å². The first-order valence-electron chi connectivity index (χ1n) is 5.78. The van der Waals surface area contributed by atoms with E-state index in [1.54, 1.807) is 0 Å². The van der Waals surface area contributed by atoms with Gasteiger partial charge in [-0.25, -0.2) is 17.5 Å². The van der Waals surface area contributed by atoms with Crippen molar-refractivity contribution in [3.8, 4) is 0 Å². The van der Waals surface area contributed by atoms with Gasteiger partial charge in [0.25, 0.3) is 0 Å². The molecule has 0 aliphatic carbocycles. The van der Waals surface area contributed by atoms with E-state index in [0.29, 0.717) is 0 Å². The number of halogens is 4. The van der Waals surface area contributed by atoms with Crippen LogP contribution in [0.3, 0.4) is 0 Å². The average molecular weight is 330 g/mol. The van der Waals surface area contributed by atoms with E-state index >= 15 is 0 Å². The second-order valence-electron chi connectivity index (χ2n) is 4.02. The summed E-state index contributed by atoms with van der Waals surface area (Å²) in [5.74, 6) is -0.763. The maximum Gasteiger partial charge on any atom is 0.411 e. The Morgan fingerprint density at radius 3 is 2.52 bits per heavy atom. The maximum atomic E-state index is 13.1. The van der Waals surface area contributed by atoms with Crippen molar-refractivity contribution in [2.75, 3.05) is 19.8 Å². The lowest BCUT2D eigenvalue weighted by Crippen LogP contribution is -2.30. The molecule has 0 atom stereocenters. The number of rotatable bonds is 7. The molecule has 0 fully saturated rings. The third-order valence-electron chi connectivity index (χ3n) is 2.34. The summed E-state index contributed by atoms with van der Waals surface area (Å²) in [7, 11) is -4.07. The van der Waals surface area contributed by atoms with E-state index in [1.807, 2.05) is 4.72 Å².